The summed E-state index contributed by atoms with van der Waals surface area (Å²) in [6.07, 6.45) is -0.754. The van der Waals surface area contributed by atoms with Crippen LogP contribution in [0.25, 0.3) is 10.9 Å². The molecule has 1 atom stereocenters. The van der Waals surface area contributed by atoms with E-state index < -0.39 is 6.10 Å². The van der Waals surface area contributed by atoms with Crippen molar-refractivity contribution in [1.29, 1.82) is 0 Å². The van der Waals surface area contributed by atoms with E-state index in [2.05, 4.69) is 4.98 Å². The number of aliphatic hydroxyl groups is 1. The van der Waals surface area contributed by atoms with Gasteiger partial charge in [-0.3, -0.25) is 0 Å². The fourth-order valence-corrected chi connectivity index (χ4v) is 3.73. The molecule has 1 aromatic heterocycles. The monoisotopic (exact) mass is 399 g/mol. The molecule has 1 aliphatic heterocycles. The summed E-state index contributed by atoms with van der Waals surface area (Å²) >= 11 is 0. The summed E-state index contributed by atoms with van der Waals surface area (Å²) in [4.78, 5) is 4.66. The first kappa shape index (κ1) is 18.5. The summed E-state index contributed by atoms with van der Waals surface area (Å²) in [6, 6.07) is 23.1. The quantitative estimate of drug-likeness (QED) is 0.534. The third-order valence-electron chi connectivity index (χ3n) is 5.35. The van der Waals surface area contributed by atoms with E-state index in [0.29, 0.717) is 30.3 Å². The molecule has 2 heterocycles. The Kier molecular flexibility index (Phi) is 4.73. The van der Waals surface area contributed by atoms with E-state index in [1.54, 1.807) is 7.11 Å². The fraction of sp³-hybridized carbons (Fsp3) is 0.160. The van der Waals surface area contributed by atoms with E-state index in [0.717, 1.165) is 33.5 Å². The molecule has 0 saturated carbocycles. The minimum absolute atomic E-state index is 0.328. The van der Waals surface area contributed by atoms with Gasteiger partial charge in [0.15, 0.2) is 0 Å². The number of aliphatic hydroxyl groups excluding tert-OH is 1. The molecule has 5 rings (SSSR count). The van der Waals surface area contributed by atoms with Crippen LogP contribution in [0.5, 0.6) is 17.2 Å². The van der Waals surface area contributed by atoms with E-state index in [9.17, 15) is 5.11 Å². The zero-order chi connectivity index (χ0) is 20.5. The highest BCUT2D eigenvalue weighted by Crippen LogP contribution is 2.37. The predicted octanol–water partition coefficient (Wildman–Crippen LogP) is 4.80. The Bertz CT molecular complexity index is 1220. The van der Waals surface area contributed by atoms with E-state index in [1.165, 1.54) is 0 Å². The van der Waals surface area contributed by atoms with Gasteiger partial charge in [0.1, 0.15) is 36.6 Å². The molecule has 1 aliphatic rings. The largest absolute Gasteiger partial charge is 0.497 e. The number of hydrogen-bond donors (Lipinski definition) is 1. The highest BCUT2D eigenvalue weighted by Gasteiger charge is 2.23. The zero-order valence-corrected chi connectivity index (χ0v) is 16.5. The molecular weight excluding hydrogens is 378 g/mol. The topological polar surface area (TPSA) is 60.8 Å². The number of hydrogen-bond acceptors (Lipinski definition) is 5. The number of rotatable bonds is 4. The number of ether oxygens (including phenoxy) is 3. The normalized spacial score (nSPS) is 14.9. The summed E-state index contributed by atoms with van der Waals surface area (Å²) in [5, 5.41) is 11.9. The van der Waals surface area contributed by atoms with Crippen LogP contribution in [0.4, 0.5) is 0 Å². The Morgan fingerprint density at radius 2 is 1.83 bits per heavy atom. The minimum Gasteiger partial charge on any atom is -0.497 e. The number of aromatic nitrogens is 1. The van der Waals surface area contributed by atoms with Crippen LogP contribution in [0.3, 0.4) is 0 Å². The van der Waals surface area contributed by atoms with Crippen molar-refractivity contribution < 1.29 is 19.3 Å². The molecule has 0 radical (unpaired) electrons. The van der Waals surface area contributed by atoms with Gasteiger partial charge in [0.25, 0.3) is 0 Å². The molecule has 0 spiro atoms. The lowest BCUT2D eigenvalue weighted by Gasteiger charge is -2.15. The lowest BCUT2D eigenvalue weighted by molar-refractivity contribution is 0.217. The predicted molar refractivity (Wildman–Crippen MR) is 114 cm³/mol. The molecule has 0 fully saturated rings. The average molecular weight is 399 g/mol. The van der Waals surface area contributed by atoms with Crippen LogP contribution in [0, 0.1) is 0 Å². The number of fused-ring (bicyclic) bond motifs is 3. The molecule has 0 saturated heterocycles. The van der Waals surface area contributed by atoms with Gasteiger partial charge in [0.05, 0.1) is 18.3 Å². The van der Waals surface area contributed by atoms with Crippen molar-refractivity contribution in [2.75, 3.05) is 7.11 Å². The third kappa shape index (κ3) is 3.44. The van der Waals surface area contributed by atoms with Gasteiger partial charge in [-0.25, -0.2) is 4.98 Å². The Morgan fingerprint density at radius 3 is 2.73 bits per heavy atom. The van der Waals surface area contributed by atoms with Crippen molar-refractivity contribution in [2.45, 2.75) is 19.3 Å². The molecule has 0 bridgehead atoms. The molecule has 1 unspecified atom stereocenters. The van der Waals surface area contributed by atoms with Crippen molar-refractivity contribution in [2.24, 2.45) is 0 Å². The highest BCUT2D eigenvalue weighted by molar-refractivity contribution is 5.80. The molecule has 0 aliphatic carbocycles. The van der Waals surface area contributed by atoms with Crippen molar-refractivity contribution in [3.05, 3.63) is 95.2 Å². The Morgan fingerprint density at radius 1 is 0.967 bits per heavy atom. The second kappa shape index (κ2) is 7.69. The molecule has 30 heavy (non-hydrogen) atoms. The summed E-state index contributed by atoms with van der Waals surface area (Å²) in [5.41, 5.74) is 4.26. The van der Waals surface area contributed by atoms with E-state index in [-0.39, 0.29) is 0 Å². The molecule has 150 valence electrons. The Labute approximate surface area is 174 Å². The summed E-state index contributed by atoms with van der Waals surface area (Å²) in [7, 11) is 1.65. The molecule has 5 heteroatoms. The van der Waals surface area contributed by atoms with Gasteiger partial charge >= 0.3 is 0 Å². The maximum atomic E-state index is 10.9. The van der Waals surface area contributed by atoms with Crippen LogP contribution in [0.1, 0.15) is 28.5 Å². The Hall–Kier alpha value is -3.57. The van der Waals surface area contributed by atoms with Crippen molar-refractivity contribution in [1.82, 2.24) is 4.98 Å². The standard InChI is InChI=1S/C25H21NO4/c1-28-19-8-10-23-16(12-19)6-7-18(26-23)15-29-20-9-11-24-22(13-20)25(27)21-5-3-2-4-17(21)14-30-24/h2-13,25,27H,14-15H2,1H3. The van der Waals surface area contributed by atoms with Crippen LogP contribution in [-0.2, 0) is 13.2 Å². The highest BCUT2D eigenvalue weighted by atomic mass is 16.5. The van der Waals surface area contributed by atoms with Crippen LogP contribution in [-0.4, -0.2) is 17.2 Å². The molecule has 1 N–H and O–H groups in total. The van der Waals surface area contributed by atoms with Gasteiger partial charge in [-0.1, -0.05) is 30.3 Å². The van der Waals surface area contributed by atoms with Crippen LogP contribution < -0.4 is 14.2 Å². The first-order valence-electron chi connectivity index (χ1n) is 9.80. The average Bonchev–Trinajstić information content (AvgIpc) is 2.94. The van der Waals surface area contributed by atoms with E-state index in [1.807, 2.05) is 72.8 Å². The molecule has 0 amide bonds. The van der Waals surface area contributed by atoms with Crippen LogP contribution in [0.2, 0.25) is 0 Å². The fourth-order valence-electron chi connectivity index (χ4n) is 3.73. The third-order valence-corrected chi connectivity index (χ3v) is 5.35. The summed E-state index contributed by atoms with van der Waals surface area (Å²) < 4.78 is 17.1. The van der Waals surface area contributed by atoms with E-state index in [4.69, 9.17) is 14.2 Å². The molecule has 3 aromatic carbocycles. The number of pyridine rings is 1. The van der Waals surface area contributed by atoms with Gasteiger partial charge in [0, 0.05) is 10.9 Å². The second-order valence-corrected chi connectivity index (χ2v) is 7.24. The maximum Gasteiger partial charge on any atom is 0.130 e. The molecular formula is C25H21NO4. The second-order valence-electron chi connectivity index (χ2n) is 7.24. The SMILES string of the molecule is COc1ccc2nc(COc3ccc4c(c3)C(O)c3ccccc3CO4)ccc2c1. The molecule has 4 aromatic rings. The van der Waals surface area contributed by atoms with Crippen molar-refractivity contribution in [3.8, 4) is 17.2 Å². The minimum atomic E-state index is -0.754. The van der Waals surface area contributed by atoms with Gasteiger partial charge < -0.3 is 19.3 Å². The maximum absolute atomic E-state index is 10.9. The summed E-state index contributed by atoms with van der Waals surface area (Å²) in [6.45, 7) is 0.764. The van der Waals surface area contributed by atoms with Gasteiger partial charge in [-0.15, -0.1) is 0 Å². The first-order valence-corrected chi connectivity index (χ1v) is 9.80. The van der Waals surface area contributed by atoms with Crippen molar-refractivity contribution >= 4 is 10.9 Å². The number of benzene rings is 3. The van der Waals surface area contributed by atoms with Crippen LogP contribution >= 0.6 is 0 Å². The van der Waals surface area contributed by atoms with Gasteiger partial charge in [0.2, 0.25) is 0 Å². The van der Waals surface area contributed by atoms with Gasteiger partial charge in [-0.05, 0) is 53.6 Å². The smallest absolute Gasteiger partial charge is 0.130 e. The van der Waals surface area contributed by atoms with Crippen molar-refractivity contribution in [3.63, 3.8) is 0 Å². The molecule has 5 nitrogen and oxygen atoms in total. The first-order chi connectivity index (χ1) is 14.7. The zero-order valence-electron chi connectivity index (χ0n) is 16.5. The lowest BCUT2D eigenvalue weighted by atomic mass is 9.97. The lowest BCUT2D eigenvalue weighted by Crippen LogP contribution is -2.02. The van der Waals surface area contributed by atoms with Gasteiger partial charge in [-0.2, -0.15) is 0 Å². The van der Waals surface area contributed by atoms with Crippen LogP contribution in [0.15, 0.2) is 72.8 Å². The van der Waals surface area contributed by atoms with E-state index >= 15 is 0 Å². The Balaban J connectivity index is 1.37. The number of nitrogens with zero attached hydrogens (tertiary/aromatic N) is 1. The number of methoxy groups -OCH3 is 1. The summed E-state index contributed by atoms with van der Waals surface area (Å²) in [5.74, 6) is 2.14.